The molecule has 0 N–H and O–H groups in total. The Morgan fingerprint density at radius 2 is 1.15 bits per heavy atom. The molecule has 114 valence electrons. The molecule has 0 unspecified atom stereocenters. The molecule has 0 aliphatic heterocycles. The molecule has 0 aliphatic carbocycles. The van der Waals surface area contributed by atoms with Gasteiger partial charge in [-0.15, -0.1) is 13.2 Å². The number of ether oxygens (including phenoxy) is 1. The van der Waals surface area contributed by atoms with Gasteiger partial charge >= 0.3 is 18.7 Å². The molecule has 0 saturated heterocycles. The van der Waals surface area contributed by atoms with Gasteiger partial charge in [0.25, 0.3) is 0 Å². The fraction of sp³-hybridized carbons (Fsp3) is 0.333. The summed E-state index contributed by atoms with van der Waals surface area (Å²) in [5, 5.41) is 0. The van der Waals surface area contributed by atoms with Crippen molar-refractivity contribution >= 4 is 22.6 Å². The predicted molar refractivity (Wildman–Crippen MR) is 55.8 cm³/mol. The highest BCUT2D eigenvalue weighted by molar-refractivity contribution is 14.1. The average Bonchev–Trinajstić information content (AvgIpc) is 2.15. The molecule has 1 rings (SSSR count). The third-order valence-corrected chi connectivity index (χ3v) is 2.75. The summed E-state index contributed by atoms with van der Waals surface area (Å²) in [6, 6.07) is -0.372. The maximum absolute atomic E-state index is 12.5. The highest BCUT2D eigenvalue weighted by atomic mass is 127. The smallest absolute Gasteiger partial charge is 0.405 e. The van der Waals surface area contributed by atoms with Gasteiger partial charge < -0.3 is 4.74 Å². The summed E-state index contributed by atoms with van der Waals surface area (Å²) in [5.74, 6) is -1.35. The summed E-state index contributed by atoms with van der Waals surface area (Å²) in [7, 11) is 0. The number of hydrogen-bond donors (Lipinski definition) is 0. The van der Waals surface area contributed by atoms with Gasteiger partial charge in [0.05, 0.1) is 14.7 Å². The van der Waals surface area contributed by atoms with Gasteiger partial charge in [0, 0.05) is 0 Å². The molecule has 20 heavy (non-hydrogen) atoms. The maximum atomic E-state index is 12.5. The van der Waals surface area contributed by atoms with Crippen LogP contribution >= 0.6 is 22.6 Å². The Morgan fingerprint density at radius 1 is 0.750 bits per heavy atom. The summed E-state index contributed by atoms with van der Waals surface area (Å²) in [4.78, 5) is 0. The number of benzene rings is 1. The van der Waals surface area contributed by atoms with Gasteiger partial charge in [-0.3, -0.25) is 0 Å². The minimum atomic E-state index is -5.47. The van der Waals surface area contributed by atoms with Crippen molar-refractivity contribution in [3.8, 4) is 5.75 Å². The average molecular weight is 424 g/mol. The second-order valence-electron chi connectivity index (χ2n) is 3.37. The Kier molecular flexibility index (Phi) is 4.42. The fourth-order valence-electron chi connectivity index (χ4n) is 1.23. The fourth-order valence-corrected chi connectivity index (χ4v) is 1.80. The first-order chi connectivity index (χ1) is 8.72. The van der Waals surface area contributed by atoms with E-state index in [9.17, 15) is 39.5 Å². The maximum Gasteiger partial charge on any atom is 0.573 e. The first kappa shape index (κ1) is 17.2. The summed E-state index contributed by atoms with van der Waals surface area (Å²) >= 11 is 1.02. The summed E-state index contributed by atoms with van der Waals surface area (Å²) in [6.45, 7) is 0. The van der Waals surface area contributed by atoms with E-state index in [2.05, 4.69) is 4.74 Å². The van der Waals surface area contributed by atoms with Crippen molar-refractivity contribution in [2.24, 2.45) is 0 Å². The number of alkyl halides is 9. The van der Waals surface area contributed by atoms with Crippen LogP contribution in [0.4, 0.5) is 39.5 Å². The van der Waals surface area contributed by atoms with Gasteiger partial charge in [-0.25, -0.2) is 0 Å². The number of rotatable bonds is 1. The topological polar surface area (TPSA) is 9.23 Å². The van der Waals surface area contributed by atoms with Crippen LogP contribution in [0, 0.1) is 3.57 Å². The molecule has 0 saturated carbocycles. The Balaban J connectivity index is 3.49. The van der Waals surface area contributed by atoms with E-state index in [1.165, 1.54) is 0 Å². The highest BCUT2D eigenvalue weighted by Crippen LogP contribution is 2.44. The van der Waals surface area contributed by atoms with Crippen molar-refractivity contribution in [2.45, 2.75) is 18.7 Å². The Hall–Kier alpha value is -0.880. The quantitative estimate of drug-likeness (QED) is 0.444. The molecule has 0 fully saturated rings. The molecule has 0 aromatic heterocycles. The van der Waals surface area contributed by atoms with E-state index >= 15 is 0 Å². The van der Waals surface area contributed by atoms with Crippen molar-refractivity contribution in [3.63, 3.8) is 0 Å². The normalized spacial score (nSPS) is 13.5. The SMILES string of the molecule is FC(F)(F)Oc1cc(C(F)(F)F)c(C(F)(F)F)cc1I. The first-order valence-electron chi connectivity index (χ1n) is 4.45. The number of hydrogen-bond acceptors (Lipinski definition) is 1. The van der Waals surface area contributed by atoms with Gasteiger partial charge in [-0.2, -0.15) is 26.3 Å². The summed E-state index contributed by atoms with van der Waals surface area (Å²) in [6.07, 6.45) is -16.1. The summed E-state index contributed by atoms with van der Waals surface area (Å²) < 4.78 is 113. The van der Waals surface area contributed by atoms with Crippen LogP contribution < -0.4 is 4.74 Å². The van der Waals surface area contributed by atoms with Gasteiger partial charge in [0.2, 0.25) is 0 Å². The minimum absolute atomic E-state index is 0.0511. The lowest BCUT2D eigenvalue weighted by Crippen LogP contribution is -2.21. The highest BCUT2D eigenvalue weighted by Gasteiger charge is 2.44. The molecule has 1 aromatic carbocycles. The standard InChI is InChI=1S/C9H2F9IO/c10-7(11,12)3-1-5(19)6(20-9(16,17)18)2-4(3)8(13,14)15/h1-2H. The van der Waals surface area contributed by atoms with E-state index in [1.54, 1.807) is 0 Å². The zero-order chi connectivity index (χ0) is 15.9. The van der Waals surface area contributed by atoms with Crippen molar-refractivity contribution in [3.05, 3.63) is 26.8 Å². The van der Waals surface area contributed by atoms with Crippen molar-refractivity contribution in [1.29, 1.82) is 0 Å². The molecule has 0 amide bonds. The molecule has 0 atom stereocenters. The predicted octanol–water partition coefficient (Wildman–Crippen LogP) is 5.23. The van der Waals surface area contributed by atoms with Gasteiger partial charge in [0.1, 0.15) is 5.75 Å². The molecule has 0 heterocycles. The zero-order valence-electron chi connectivity index (χ0n) is 8.84. The van der Waals surface area contributed by atoms with Crippen LogP contribution in [0.1, 0.15) is 11.1 Å². The van der Waals surface area contributed by atoms with E-state index in [1.807, 2.05) is 0 Å². The van der Waals surface area contributed by atoms with Crippen molar-refractivity contribution in [2.75, 3.05) is 0 Å². The third kappa shape index (κ3) is 4.31. The lowest BCUT2D eigenvalue weighted by atomic mass is 10.1. The van der Waals surface area contributed by atoms with Crippen LogP contribution in [-0.2, 0) is 12.4 Å². The Morgan fingerprint density at radius 3 is 1.50 bits per heavy atom. The van der Waals surface area contributed by atoms with Gasteiger partial charge in [-0.05, 0) is 34.7 Å². The van der Waals surface area contributed by atoms with Crippen LogP contribution in [0.25, 0.3) is 0 Å². The molecule has 0 aliphatic rings. The summed E-state index contributed by atoms with van der Waals surface area (Å²) in [5.41, 5.74) is -4.33. The molecule has 0 spiro atoms. The van der Waals surface area contributed by atoms with Gasteiger partial charge in [0.15, 0.2) is 0 Å². The molecular formula is C9H2F9IO. The molecule has 1 aromatic rings. The Labute approximate surface area is 118 Å². The lowest BCUT2D eigenvalue weighted by molar-refractivity contribution is -0.275. The molecule has 11 heteroatoms. The Bertz CT molecular complexity index is 500. The van der Waals surface area contributed by atoms with Crippen LogP contribution in [0.2, 0.25) is 0 Å². The largest absolute Gasteiger partial charge is 0.573 e. The van der Waals surface area contributed by atoms with E-state index in [4.69, 9.17) is 0 Å². The molecule has 0 bridgehead atoms. The van der Waals surface area contributed by atoms with Crippen LogP contribution in [0.5, 0.6) is 5.75 Å². The molecule has 0 radical (unpaired) electrons. The third-order valence-electron chi connectivity index (χ3n) is 1.91. The van der Waals surface area contributed by atoms with Gasteiger partial charge in [-0.1, -0.05) is 0 Å². The van der Waals surface area contributed by atoms with E-state index in [0.29, 0.717) is 0 Å². The molecule has 1 nitrogen and oxygen atoms in total. The minimum Gasteiger partial charge on any atom is -0.405 e. The first-order valence-corrected chi connectivity index (χ1v) is 5.53. The monoisotopic (exact) mass is 424 g/mol. The van der Waals surface area contributed by atoms with E-state index in [0.717, 1.165) is 22.6 Å². The number of halogens is 10. The van der Waals surface area contributed by atoms with Crippen LogP contribution in [-0.4, -0.2) is 6.36 Å². The van der Waals surface area contributed by atoms with Crippen LogP contribution in [0.15, 0.2) is 12.1 Å². The van der Waals surface area contributed by atoms with E-state index in [-0.39, 0.29) is 12.1 Å². The second kappa shape index (κ2) is 5.15. The van der Waals surface area contributed by atoms with Crippen LogP contribution in [0.3, 0.4) is 0 Å². The lowest BCUT2D eigenvalue weighted by Gasteiger charge is -2.18. The molecular weight excluding hydrogens is 422 g/mol. The van der Waals surface area contributed by atoms with E-state index < -0.39 is 39.2 Å². The van der Waals surface area contributed by atoms with Crippen molar-refractivity contribution in [1.82, 2.24) is 0 Å². The zero-order valence-corrected chi connectivity index (χ0v) is 11.0. The van der Waals surface area contributed by atoms with Crippen molar-refractivity contribution < 1.29 is 44.3 Å². The second-order valence-corrected chi connectivity index (χ2v) is 4.53.